The molecule has 0 aliphatic heterocycles. The second-order valence-corrected chi connectivity index (χ2v) is 3.95. The van der Waals surface area contributed by atoms with Crippen LogP contribution in [0.5, 0.6) is 0 Å². The Hall–Kier alpha value is -2.21. The Bertz CT molecular complexity index is 540. The van der Waals surface area contributed by atoms with E-state index in [1.807, 2.05) is 32.0 Å². The van der Waals surface area contributed by atoms with Gasteiger partial charge in [-0.15, -0.1) is 0 Å². The van der Waals surface area contributed by atoms with Gasteiger partial charge in [0, 0.05) is 11.8 Å². The fraction of sp³-hybridized carbons (Fsp3) is 0.250. The highest BCUT2D eigenvalue weighted by atomic mass is 15.3. The highest BCUT2D eigenvalue weighted by Gasteiger charge is 2.01. The summed E-state index contributed by atoms with van der Waals surface area (Å²) in [5, 5.41) is 3.19. The molecular weight excluding hydrogens is 228 g/mol. The Morgan fingerprint density at radius 2 is 1.89 bits per heavy atom. The lowest BCUT2D eigenvalue weighted by atomic mass is 10.3. The van der Waals surface area contributed by atoms with Crippen LogP contribution in [0.15, 0.2) is 24.3 Å². The van der Waals surface area contributed by atoms with Crippen LogP contribution in [0.1, 0.15) is 17.2 Å². The molecule has 0 aliphatic carbocycles. The van der Waals surface area contributed by atoms with E-state index < -0.39 is 0 Å². The maximum atomic E-state index is 5.33. The summed E-state index contributed by atoms with van der Waals surface area (Å²) in [4.78, 5) is 12.8. The molecule has 2 rings (SSSR count). The minimum absolute atomic E-state index is 0.585. The zero-order chi connectivity index (χ0) is 13.0. The second-order valence-electron chi connectivity index (χ2n) is 3.95. The standard InChI is InChI=1S/C12H16N6/c1-8-4-3-5-10(15-8)7-14-11-6-12(18-13)17-9(2)16-11/h3-6H,7,13H2,1-2H3,(H2,14,16,17,18). The van der Waals surface area contributed by atoms with Gasteiger partial charge < -0.3 is 10.7 Å². The van der Waals surface area contributed by atoms with Crippen LogP contribution in [0, 0.1) is 13.8 Å². The van der Waals surface area contributed by atoms with E-state index in [2.05, 4.69) is 25.7 Å². The first-order chi connectivity index (χ1) is 8.67. The first kappa shape index (κ1) is 12.3. The van der Waals surface area contributed by atoms with E-state index in [1.165, 1.54) is 0 Å². The molecule has 0 saturated heterocycles. The summed E-state index contributed by atoms with van der Waals surface area (Å²) in [5.41, 5.74) is 4.47. The summed E-state index contributed by atoms with van der Waals surface area (Å²) < 4.78 is 0. The lowest BCUT2D eigenvalue weighted by Gasteiger charge is -2.08. The van der Waals surface area contributed by atoms with E-state index in [-0.39, 0.29) is 0 Å². The van der Waals surface area contributed by atoms with Gasteiger partial charge in [0.1, 0.15) is 17.5 Å². The van der Waals surface area contributed by atoms with Crippen molar-refractivity contribution in [1.29, 1.82) is 0 Å². The predicted molar refractivity (Wildman–Crippen MR) is 70.9 cm³/mol. The van der Waals surface area contributed by atoms with Crippen LogP contribution in [-0.4, -0.2) is 15.0 Å². The monoisotopic (exact) mass is 244 g/mol. The number of hydrazine groups is 1. The average molecular weight is 244 g/mol. The predicted octanol–water partition coefficient (Wildman–Crippen LogP) is 1.39. The normalized spacial score (nSPS) is 10.2. The third-order valence-corrected chi connectivity index (χ3v) is 2.38. The zero-order valence-electron chi connectivity index (χ0n) is 10.4. The van der Waals surface area contributed by atoms with Gasteiger partial charge in [-0.05, 0) is 26.0 Å². The quantitative estimate of drug-likeness (QED) is 0.556. The molecule has 94 valence electrons. The van der Waals surface area contributed by atoms with Crippen molar-refractivity contribution in [3.8, 4) is 0 Å². The number of anilines is 2. The molecule has 18 heavy (non-hydrogen) atoms. The molecule has 2 aromatic heterocycles. The Morgan fingerprint density at radius 1 is 1.11 bits per heavy atom. The number of nitrogens with two attached hydrogens (primary N) is 1. The summed E-state index contributed by atoms with van der Waals surface area (Å²) in [6, 6.07) is 7.67. The molecule has 6 nitrogen and oxygen atoms in total. The number of pyridine rings is 1. The molecule has 0 amide bonds. The zero-order valence-corrected chi connectivity index (χ0v) is 10.4. The van der Waals surface area contributed by atoms with E-state index in [0.717, 1.165) is 17.2 Å². The van der Waals surface area contributed by atoms with Gasteiger partial charge in [0.25, 0.3) is 0 Å². The molecule has 0 aromatic carbocycles. The van der Waals surface area contributed by atoms with Crippen molar-refractivity contribution >= 4 is 11.6 Å². The maximum absolute atomic E-state index is 5.33. The number of rotatable bonds is 4. The van der Waals surface area contributed by atoms with Crippen LogP contribution < -0.4 is 16.6 Å². The van der Waals surface area contributed by atoms with E-state index in [0.29, 0.717) is 18.2 Å². The van der Waals surface area contributed by atoms with Crippen LogP contribution in [0.3, 0.4) is 0 Å². The lowest BCUT2D eigenvalue weighted by molar-refractivity contribution is 0.979. The minimum Gasteiger partial charge on any atom is -0.364 e. The van der Waals surface area contributed by atoms with E-state index in [4.69, 9.17) is 5.84 Å². The van der Waals surface area contributed by atoms with E-state index in [1.54, 1.807) is 6.07 Å². The van der Waals surface area contributed by atoms with Crippen molar-refractivity contribution in [3.63, 3.8) is 0 Å². The maximum Gasteiger partial charge on any atom is 0.145 e. The van der Waals surface area contributed by atoms with E-state index >= 15 is 0 Å². The van der Waals surface area contributed by atoms with Crippen LogP contribution in [0.2, 0.25) is 0 Å². The Kier molecular flexibility index (Phi) is 3.69. The van der Waals surface area contributed by atoms with Gasteiger partial charge >= 0.3 is 0 Å². The van der Waals surface area contributed by atoms with Gasteiger partial charge in [0.2, 0.25) is 0 Å². The molecule has 0 aliphatic rings. The first-order valence-electron chi connectivity index (χ1n) is 5.66. The smallest absolute Gasteiger partial charge is 0.145 e. The third-order valence-electron chi connectivity index (χ3n) is 2.38. The van der Waals surface area contributed by atoms with Gasteiger partial charge in [-0.25, -0.2) is 15.8 Å². The largest absolute Gasteiger partial charge is 0.364 e. The van der Waals surface area contributed by atoms with Gasteiger partial charge in [-0.3, -0.25) is 4.98 Å². The number of hydrogen-bond donors (Lipinski definition) is 3. The van der Waals surface area contributed by atoms with Crippen molar-refractivity contribution < 1.29 is 0 Å². The van der Waals surface area contributed by atoms with Crippen molar-refractivity contribution in [2.45, 2.75) is 20.4 Å². The van der Waals surface area contributed by atoms with Gasteiger partial charge in [-0.1, -0.05) is 6.07 Å². The summed E-state index contributed by atoms with van der Waals surface area (Å²) in [7, 11) is 0. The molecule has 2 heterocycles. The molecule has 0 unspecified atom stereocenters. The van der Waals surface area contributed by atoms with Crippen molar-refractivity contribution in [2.24, 2.45) is 5.84 Å². The Labute approximate surface area is 106 Å². The van der Waals surface area contributed by atoms with Crippen LogP contribution in [-0.2, 0) is 6.54 Å². The van der Waals surface area contributed by atoms with Gasteiger partial charge in [-0.2, -0.15) is 0 Å². The van der Waals surface area contributed by atoms with Crippen molar-refractivity contribution in [1.82, 2.24) is 15.0 Å². The molecular formula is C12H16N6. The number of nitrogen functional groups attached to an aromatic ring is 1. The molecule has 0 atom stereocenters. The third kappa shape index (κ3) is 3.14. The highest BCUT2D eigenvalue weighted by Crippen LogP contribution is 2.11. The SMILES string of the molecule is Cc1cccc(CNc2cc(NN)nc(C)n2)n1. The minimum atomic E-state index is 0.585. The van der Waals surface area contributed by atoms with Crippen molar-refractivity contribution in [2.75, 3.05) is 10.7 Å². The fourth-order valence-corrected chi connectivity index (χ4v) is 1.61. The lowest BCUT2D eigenvalue weighted by Crippen LogP contribution is -2.11. The van der Waals surface area contributed by atoms with Crippen LogP contribution >= 0.6 is 0 Å². The first-order valence-corrected chi connectivity index (χ1v) is 5.66. The molecule has 2 aromatic rings. The molecule has 0 radical (unpaired) electrons. The molecule has 0 bridgehead atoms. The topological polar surface area (TPSA) is 88.8 Å². The highest BCUT2D eigenvalue weighted by molar-refractivity contribution is 5.46. The molecule has 0 saturated carbocycles. The van der Waals surface area contributed by atoms with Crippen molar-refractivity contribution in [3.05, 3.63) is 41.5 Å². The second kappa shape index (κ2) is 5.42. The van der Waals surface area contributed by atoms with Gasteiger partial charge in [0.15, 0.2) is 0 Å². The Morgan fingerprint density at radius 3 is 2.61 bits per heavy atom. The number of nitrogens with one attached hydrogen (secondary N) is 2. The summed E-state index contributed by atoms with van der Waals surface area (Å²) in [5.74, 6) is 7.30. The number of aromatic nitrogens is 3. The van der Waals surface area contributed by atoms with Crippen LogP contribution in [0.25, 0.3) is 0 Å². The number of hydrogen-bond acceptors (Lipinski definition) is 6. The average Bonchev–Trinajstić information content (AvgIpc) is 2.36. The molecule has 6 heteroatoms. The fourth-order valence-electron chi connectivity index (χ4n) is 1.61. The van der Waals surface area contributed by atoms with Gasteiger partial charge in [0.05, 0.1) is 12.2 Å². The van der Waals surface area contributed by atoms with E-state index in [9.17, 15) is 0 Å². The number of aryl methyl sites for hydroxylation is 2. The summed E-state index contributed by atoms with van der Waals surface area (Å²) in [6.07, 6.45) is 0. The van der Waals surface area contributed by atoms with Crippen LogP contribution in [0.4, 0.5) is 11.6 Å². The molecule has 4 N–H and O–H groups in total. The Balaban J connectivity index is 2.08. The molecule has 0 spiro atoms. The number of nitrogens with zero attached hydrogens (tertiary/aromatic N) is 3. The summed E-state index contributed by atoms with van der Waals surface area (Å²) in [6.45, 7) is 4.40. The summed E-state index contributed by atoms with van der Waals surface area (Å²) >= 11 is 0. The molecule has 0 fully saturated rings.